The maximum absolute atomic E-state index is 13.3. The van der Waals surface area contributed by atoms with Crippen LogP contribution >= 0.6 is 12.4 Å². The Morgan fingerprint density at radius 2 is 2.07 bits per heavy atom. The second kappa shape index (κ2) is 9.05. The standard InChI is InChI=1S/C21H24N6O.ClH/c1-14-24-25-26-27(14)20(12-15-6-3-2-4-7-15)21(28)23-19-9-5-8-16-13-17(22)10-11-18(16)19;/h2-4,6-7,10-11,13,19-20H,5,8-9,12,22H2,1H3,(H,23,28);1H. The molecule has 3 aromatic rings. The second-order valence-corrected chi connectivity index (χ2v) is 7.29. The highest BCUT2D eigenvalue weighted by molar-refractivity contribution is 5.85. The molecule has 1 amide bonds. The van der Waals surface area contributed by atoms with Crippen LogP contribution in [0.1, 0.15) is 47.4 Å². The van der Waals surface area contributed by atoms with Gasteiger partial charge in [-0.15, -0.1) is 17.5 Å². The molecule has 7 nitrogen and oxygen atoms in total. The third kappa shape index (κ3) is 4.56. The van der Waals surface area contributed by atoms with E-state index in [1.54, 1.807) is 4.68 Å². The molecule has 1 aliphatic carbocycles. The topological polar surface area (TPSA) is 98.7 Å². The zero-order chi connectivity index (χ0) is 19.5. The Morgan fingerprint density at radius 1 is 1.28 bits per heavy atom. The highest BCUT2D eigenvalue weighted by Crippen LogP contribution is 2.31. The SMILES string of the molecule is Cc1nnnn1C(Cc1ccccc1)C(=O)NC1CCCc2cc(N)ccc21.Cl. The van der Waals surface area contributed by atoms with Gasteiger partial charge in [0.15, 0.2) is 0 Å². The van der Waals surface area contributed by atoms with Crippen LogP contribution in [-0.4, -0.2) is 26.1 Å². The van der Waals surface area contributed by atoms with Crippen LogP contribution in [0.25, 0.3) is 0 Å². The zero-order valence-electron chi connectivity index (χ0n) is 16.3. The molecule has 2 unspecified atom stereocenters. The number of carbonyl (C=O) groups is 1. The number of hydrogen-bond acceptors (Lipinski definition) is 5. The summed E-state index contributed by atoms with van der Waals surface area (Å²) < 4.78 is 1.61. The lowest BCUT2D eigenvalue weighted by Gasteiger charge is -2.28. The Balaban J connectivity index is 0.00000240. The van der Waals surface area contributed by atoms with Crippen LogP contribution in [0.5, 0.6) is 0 Å². The first-order valence-corrected chi connectivity index (χ1v) is 9.59. The number of fused-ring (bicyclic) bond motifs is 1. The summed E-state index contributed by atoms with van der Waals surface area (Å²) in [6.07, 6.45) is 3.45. The number of hydrogen-bond donors (Lipinski definition) is 2. The number of halogens is 1. The molecular formula is C21H25ClN6O. The largest absolute Gasteiger partial charge is 0.399 e. The maximum Gasteiger partial charge on any atom is 0.245 e. The van der Waals surface area contributed by atoms with Gasteiger partial charge in [-0.3, -0.25) is 4.79 Å². The number of benzene rings is 2. The smallest absolute Gasteiger partial charge is 0.245 e. The molecule has 2 atom stereocenters. The number of nitrogens with one attached hydrogen (secondary N) is 1. The van der Waals surface area contributed by atoms with Crippen LogP contribution in [-0.2, 0) is 17.6 Å². The number of amides is 1. The van der Waals surface area contributed by atoms with Gasteiger partial charge in [0.05, 0.1) is 6.04 Å². The summed E-state index contributed by atoms with van der Waals surface area (Å²) in [7, 11) is 0. The molecule has 1 aromatic heterocycles. The van der Waals surface area contributed by atoms with Crippen LogP contribution in [0.4, 0.5) is 5.69 Å². The summed E-state index contributed by atoms with van der Waals surface area (Å²) in [4.78, 5) is 13.3. The van der Waals surface area contributed by atoms with E-state index in [9.17, 15) is 4.79 Å². The van der Waals surface area contributed by atoms with E-state index >= 15 is 0 Å². The molecule has 3 N–H and O–H groups in total. The van der Waals surface area contributed by atoms with E-state index in [0.29, 0.717) is 12.2 Å². The van der Waals surface area contributed by atoms with Crippen molar-refractivity contribution in [3.05, 3.63) is 71.0 Å². The van der Waals surface area contributed by atoms with E-state index < -0.39 is 6.04 Å². The summed E-state index contributed by atoms with van der Waals surface area (Å²) in [6.45, 7) is 1.81. The predicted molar refractivity (Wildman–Crippen MR) is 114 cm³/mol. The van der Waals surface area contributed by atoms with E-state index in [4.69, 9.17) is 5.73 Å². The van der Waals surface area contributed by atoms with Crippen molar-refractivity contribution in [2.75, 3.05) is 5.73 Å². The Hall–Kier alpha value is -2.93. The van der Waals surface area contributed by atoms with Crippen molar-refractivity contribution in [3.8, 4) is 0 Å². The maximum atomic E-state index is 13.3. The second-order valence-electron chi connectivity index (χ2n) is 7.29. The number of nitrogen functional groups attached to an aromatic ring is 1. The summed E-state index contributed by atoms with van der Waals surface area (Å²) >= 11 is 0. The third-order valence-corrected chi connectivity index (χ3v) is 5.32. The first kappa shape index (κ1) is 20.8. The van der Waals surface area contributed by atoms with Crippen molar-refractivity contribution >= 4 is 24.0 Å². The molecule has 2 aromatic carbocycles. The molecule has 0 spiro atoms. The molecule has 29 heavy (non-hydrogen) atoms. The van der Waals surface area contributed by atoms with Crippen molar-refractivity contribution < 1.29 is 4.79 Å². The third-order valence-electron chi connectivity index (χ3n) is 5.32. The molecule has 1 aliphatic rings. The molecule has 0 saturated carbocycles. The average Bonchev–Trinajstić information content (AvgIpc) is 3.12. The lowest BCUT2D eigenvalue weighted by Crippen LogP contribution is -2.38. The molecule has 1 heterocycles. The van der Waals surface area contributed by atoms with Crippen LogP contribution in [0, 0.1) is 6.92 Å². The monoisotopic (exact) mass is 412 g/mol. The molecule has 4 rings (SSSR count). The number of rotatable bonds is 5. The number of aromatic nitrogens is 4. The van der Waals surface area contributed by atoms with Gasteiger partial charge in [-0.25, -0.2) is 4.68 Å². The van der Waals surface area contributed by atoms with Gasteiger partial charge < -0.3 is 11.1 Å². The minimum atomic E-state index is -0.503. The predicted octanol–water partition coefficient (Wildman–Crippen LogP) is 2.96. The van der Waals surface area contributed by atoms with Gasteiger partial charge in [-0.1, -0.05) is 36.4 Å². The van der Waals surface area contributed by atoms with Crippen molar-refractivity contribution in [1.82, 2.24) is 25.5 Å². The molecule has 0 bridgehead atoms. The Morgan fingerprint density at radius 3 is 2.79 bits per heavy atom. The molecule has 0 aliphatic heterocycles. The van der Waals surface area contributed by atoms with Gasteiger partial charge >= 0.3 is 0 Å². The fourth-order valence-corrected chi connectivity index (χ4v) is 3.91. The quantitative estimate of drug-likeness (QED) is 0.627. The van der Waals surface area contributed by atoms with E-state index in [-0.39, 0.29) is 24.4 Å². The summed E-state index contributed by atoms with van der Waals surface area (Å²) in [5.41, 5.74) is 10.1. The van der Waals surface area contributed by atoms with Gasteiger partial charge in [0, 0.05) is 12.1 Å². The average molecular weight is 413 g/mol. The van der Waals surface area contributed by atoms with Crippen molar-refractivity contribution in [2.45, 2.75) is 44.7 Å². The highest BCUT2D eigenvalue weighted by atomic mass is 35.5. The van der Waals surface area contributed by atoms with Crippen molar-refractivity contribution in [2.24, 2.45) is 0 Å². The van der Waals surface area contributed by atoms with E-state index in [1.807, 2.05) is 55.5 Å². The Labute approximate surface area is 176 Å². The van der Waals surface area contributed by atoms with Gasteiger partial charge in [0.1, 0.15) is 11.9 Å². The van der Waals surface area contributed by atoms with Gasteiger partial charge in [-0.05, 0) is 65.4 Å². The minimum Gasteiger partial charge on any atom is -0.399 e. The van der Waals surface area contributed by atoms with E-state index in [2.05, 4.69) is 20.8 Å². The van der Waals surface area contributed by atoms with E-state index in [0.717, 1.165) is 36.1 Å². The van der Waals surface area contributed by atoms with Crippen LogP contribution in [0.2, 0.25) is 0 Å². The Bertz CT molecular complexity index is 974. The van der Waals surface area contributed by atoms with Crippen LogP contribution in [0.3, 0.4) is 0 Å². The van der Waals surface area contributed by atoms with Crippen LogP contribution < -0.4 is 11.1 Å². The number of tetrazole rings is 1. The first-order valence-electron chi connectivity index (χ1n) is 9.59. The molecule has 0 saturated heterocycles. The fraction of sp³-hybridized carbons (Fsp3) is 0.333. The summed E-state index contributed by atoms with van der Waals surface area (Å²) in [5, 5.41) is 15.0. The first-order chi connectivity index (χ1) is 13.6. The lowest BCUT2D eigenvalue weighted by atomic mass is 9.87. The fourth-order valence-electron chi connectivity index (χ4n) is 3.91. The summed E-state index contributed by atoms with van der Waals surface area (Å²) in [5.74, 6) is 0.543. The molecule has 0 fully saturated rings. The number of carbonyl (C=O) groups excluding carboxylic acids is 1. The van der Waals surface area contributed by atoms with Crippen LogP contribution in [0.15, 0.2) is 48.5 Å². The molecule has 0 radical (unpaired) electrons. The van der Waals surface area contributed by atoms with Gasteiger partial charge in [-0.2, -0.15) is 0 Å². The van der Waals surface area contributed by atoms with Gasteiger partial charge in [0.2, 0.25) is 5.91 Å². The number of aryl methyl sites for hydroxylation is 2. The number of anilines is 1. The zero-order valence-corrected chi connectivity index (χ0v) is 17.1. The van der Waals surface area contributed by atoms with Crippen molar-refractivity contribution in [1.29, 1.82) is 0 Å². The lowest BCUT2D eigenvalue weighted by molar-refractivity contribution is -0.125. The number of nitrogens with zero attached hydrogens (tertiary/aromatic N) is 4. The van der Waals surface area contributed by atoms with E-state index in [1.165, 1.54) is 5.56 Å². The highest BCUT2D eigenvalue weighted by Gasteiger charge is 2.28. The van der Waals surface area contributed by atoms with Gasteiger partial charge in [0.25, 0.3) is 0 Å². The molecule has 152 valence electrons. The molecular weight excluding hydrogens is 388 g/mol. The van der Waals surface area contributed by atoms with Crippen molar-refractivity contribution in [3.63, 3.8) is 0 Å². The Kier molecular flexibility index (Phi) is 6.49. The number of nitrogens with two attached hydrogens (primary N) is 1. The molecule has 8 heteroatoms. The normalized spacial score (nSPS) is 16.4. The summed E-state index contributed by atoms with van der Waals surface area (Å²) in [6, 6.07) is 15.4. The minimum absolute atomic E-state index is 0.